The summed E-state index contributed by atoms with van der Waals surface area (Å²) in [6.07, 6.45) is -4.49. The number of primary amides is 1. The number of hydrogen-bond acceptors (Lipinski definition) is 2. The van der Waals surface area contributed by atoms with Gasteiger partial charge in [0.05, 0.1) is 11.0 Å². The molecule has 0 radical (unpaired) electrons. The third-order valence-corrected chi connectivity index (χ3v) is 3.08. The summed E-state index contributed by atoms with van der Waals surface area (Å²) in [7, 11) is 1.24. The number of carbonyl (C=O) groups excluding carboxylic acids is 2. The molecule has 0 unspecified atom stereocenters. The highest BCUT2D eigenvalue weighted by atomic mass is 19.4. The predicted molar refractivity (Wildman–Crippen MR) is 70.0 cm³/mol. The lowest BCUT2D eigenvalue weighted by Gasteiger charge is -2.27. The highest BCUT2D eigenvalue weighted by molar-refractivity contribution is 5.88. The number of nitrogens with zero attached hydrogens (tertiary/aromatic N) is 1. The molecular formula is C13H16F3N3O2. The largest absolute Gasteiger partial charge is 0.416 e. The molecule has 0 saturated carbocycles. The number of carbonyl (C=O) groups is 2. The van der Waals surface area contributed by atoms with Gasteiger partial charge in [-0.3, -0.25) is 10.2 Å². The van der Waals surface area contributed by atoms with Crippen LogP contribution in [0.1, 0.15) is 25.0 Å². The zero-order chi connectivity index (χ0) is 16.4. The van der Waals surface area contributed by atoms with Gasteiger partial charge in [-0.25, -0.2) is 9.80 Å². The van der Waals surface area contributed by atoms with Crippen molar-refractivity contribution in [3.05, 3.63) is 35.4 Å². The molecule has 1 rings (SSSR count). The molecule has 1 aromatic carbocycles. The molecule has 3 amide bonds. The monoisotopic (exact) mass is 303 g/mol. The van der Waals surface area contributed by atoms with Gasteiger partial charge in [-0.2, -0.15) is 13.2 Å². The molecule has 0 aliphatic heterocycles. The minimum absolute atomic E-state index is 0.174. The summed E-state index contributed by atoms with van der Waals surface area (Å²) in [4.78, 5) is 23.0. The first-order valence-electron chi connectivity index (χ1n) is 5.98. The molecule has 5 nitrogen and oxygen atoms in total. The van der Waals surface area contributed by atoms with Crippen molar-refractivity contribution in [3.63, 3.8) is 0 Å². The van der Waals surface area contributed by atoms with E-state index in [2.05, 4.69) is 5.43 Å². The molecule has 0 atom stereocenters. The lowest BCUT2D eigenvalue weighted by atomic mass is 9.83. The Morgan fingerprint density at radius 2 is 1.71 bits per heavy atom. The van der Waals surface area contributed by atoms with Crippen LogP contribution in [0.3, 0.4) is 0 Å². The van der Waals surface area contributed by atoms with E-state index in [1.807, 2.05) is 0 Å². The van der Waals surface area contributed by atoms with Crippen LogP contribution in [0.2, 0.25) is 0 Å². The maximum Gasteiger partial charge on any atom is 0.416 e. The Labute approximate surface area is 119 Å². The summed E-state index contributed by atoms with van der Waals surface area (Å²) in [6, 6.07) is 3.59. The summed E-state index contributed by atoms with van der Waals surface area (Å²) in [5, 5.41) is 0.762. The molecule has 0 bridgehead atoms. The number of hydrogen-bond donors (Lipinski definition) is 2. The second kappa shape index (κ2) is 5.63. The van der Waals surface area contributed by atoms with Crippen molar-refractivity contribution in [1.82, 2.24) is 10.4 Å². The Morgan fingerprint density at radius 3 is 2.19 bits per heavy atom. The summed E-state index contributed by atoms with van der Waals surface area (Å²) in [5.74, 6) is -0.650. The fourth-order valence-electron chi connectivity index (χ4n) is 1.56. The number of hydrazine groups is 1. The molecule has 0 fully saturated rings. The van der Waals surface area contributed by atoms with Gasteiger partial charge in [0.1, 0.15) is 0 Å². The number of urea groups is 1. The van der Waals surface area contributed by atoms with Crippen LogP contribution in [0.15, 0.2) is 24.3 Å². The molecular weight excluding hydrogens is 287 g/mol. The van der Waals surface area contributed by atoms with E-state index in [-0.39, 0.29) is 5.56 Å². The van der Waals surface area contributed by atoms with Crippen molar-refractivity contribution in [3.8, 4) is 0 Å². The zero-order valence-electron chi connectivity index (χ0n) is 11.8. The first kappa shape index (κ1) is 16.8. The summed E-state index contributed by atoms with van der Waals surface area (Å²) >= 11 is 0. The van der Waals surface area contributed by atoms with Crippen molar-refractivity contribution < 1.29 is 22.8 Å². The second-order valence-corrected chi connectivity index (χ2v) is 5.04. The molecule has 0 spiro atoms. The van der Waals surface area contributed by atoms with Gasteiger partial charge in [-0.1, -0.05) is 18.2 Å². The van der Waals surface area contributed by atoms with Crippen LogP contribution in [-0.2, 0) is 16.4 Å². The van der Waals surface area contributed by atoms with Crippen LogP contribution in [-0.4, -0.2) is 24.0 Å². The number of nitrogens with two attached hydrogens (primary N) is 1. The summed E-state index contributed by atoms with van der Waals surface area (Å²) < 4.78 is 38.1. The van der Waals surface area contributed by atoms with E-state index in [9.17, 15) is 22.8 Å². The van der Waals surface area contributed by atoms with E-state index in [1.54, 1.807) is 0 Å². The van der Waals surface area contributed by atoms with Gasteiger partial charge in [0.2, 0.25) is 5.91 Å². The van der Waals surface area contributed by atoms with E-state index in [0.29, 0.717) is 0 Å². The smallest absolute Gasteiger partial charge is 0.350 e. The molecule has 21 heavy (non-hydrogen) atoms. The van der Waals surface area contributed by atoms with Crippen LogP contribution in [0.25, 0.3) is 0 Å². The Morgan fingerprint density at radius 1 is 1.19 bits per heavy atom. The quantitative estimate of drug-likeness (QED) is 0.820. The maximum absolute atomic E-state index is 12.7. The van der Waals surface area contributed by atoms with Crippen molar-refractivity contribution in [2.45, 2.75) is 25.4 Å². The number of halogens is 3. The van der Waals surface area contributed by atoms with Gasteiger partial charge in [0.25, 0.3) is 0 Å². The number of rotatable bonds is 2. The van der Waals surface area contributed by atoms with Crippen LogP contribution < -0.4 is 11.2 Å². The highest BCUT2D eigenvalue weighted by Crippen LogP contribution is 2.32. The topological polar surface area (TPSA) is 75.4 Å². The first-order chi connectivity index (χ1) is 9.46. The average Bonchev–Trinajstić information content (AvgIpc) is 2.37. The van der Waals surface area contributed by atoms with Crippen molar-refractivity contribution >= 4 is 11.9 Å². The molecule has 116 valence electrons. The average molecular weight is 303 g/mol. The van der Waals surface area contributed by atoms with Gasteiger partial charge in [0.15, 0.2) is 0 Å². The van der Waals surface area contributed by atoms with Crippen molar-refractivity contribution in [2.75, 3.05) is 7.05 Å². The summed E-state index contributed by atoms with van der Waals surface area (Å²) in [6.45, 7) is 2.90. The minimum atomic E-state index is -4.49. The van der Waals surface area contributed by atoms with E-state index in [0.717, 1.165) is 17.1 Å². The number of benzene rings is 1. The molecule has 0 aliphatic rings. The van der Waals surface area contributed by atoms with Gasteiger partial charge >= 0.3 is 12.2 Å². The normalized spacial score (nSPS) is 11.9. The van der Waals surface area contributed by atoms with Crippen LogP contribution in [0.4, 0.5) is 18.0 Å². The standard InChI is InChI=1S/C13H16F3N3O2/c1-12(2,10(20)18-19(3)11(17)21)8-5-4-6-9(7-8)13(14,15)16/h4-7H,1-3H3,(H2,17,21)(H,18,20). The van der Waals surface area contributed by atoms with Gasteiger partial charge < -0.3 is 5.73 Å². The third-order valence-electron chi connectivity index (χ3n) is 3.08. The number of amides is 3. The predicted octanol–water partition coefficient (Wildman–Crippen LogP) is 2.02. The highest BCUT2D eigenvalue weighted by Gasteiger charge is 2.35. The van der Waals surface area contributed by atoms with Crippen LogP contribution in [0.5, 0.6) is 0 Å². The van der Waals surface area contributed by atoms with Crippen molar-refractivity contribution in [1.29, 1.82) is 0 Å². The van der Waals surface area contributed by atoms with Gasteiger partial charge in [0, 0.05) is 7.05 Å². The fraction of sp³-hybridized carbons (Fsp3) is 0.385. The maximum atomic E-state index is 12.7. The Kier molecular flexibility index (Phi) is 4.50. The number of alkyl halides is 3. The third kappa shape index (κ3) is 3.87. The lowest BCUT2D eigenvalue weighted by Crippen LogP contribution is -2.51. The lowest BCUT2D eigenvalue weighted by molar-refractivity contribution is -0.138. The minimum Gasteiger partial charge on any atom is -0.350 e. The van der Waals surface area contributed by atoms with Gasteiger partial charge in [-0.05, 0) is 25.5 Å². The molecule has 0 heterocycles. The molecule has 3 N–H and O–H groups in total. The first-order valence-corrected chi connectivity index (χ1v) is 5.98. The van der Waals surface area contributed by atoms with Crippen LogP contribution >= 0.6 is 0 Å². The fourth-order valence-corrected chi connectivity index (χ4v) is 1.56. The van der Waals surface area contributed by atoms with E-state index in [1.165, 1.54) is 33.0 Å². The summed E-state index contributed by atoms with van der Waals surface area (Å²) in [5.41, 5.74) is 5.24. The number of nitrogens with one attached hydrogen (secondary N) is 1. The molecule has 1 aromatic rings. The van der Waals surface area contributed by atoms with E-state index < -0.39 is 29.1 Å². The Bertz CT molecular complexity index is 556. The zero-order valence-corrected chi connectivity index (χ0v) is 11.8. The van der Waals surface area contributed by atoms with E-state index >= 15 is 0 Å². The molecule has 0 aromatic heterocycles. The molecule has 0 saturated heterocycles. The Balaban J connectivity index is 3.07. The van der Waals surface area contributed by atoms with Crippen molar-refractivity contribution in [2.24, 2.45) is 5.73 Å². The van der Waals surface area contributed by atoms with E-state index in [4.69, 9.17) is 5.73 Å². The molecule has 0 aliphatic carbocycles. The SMILES string of the molecule is CN(NC(=O)C(C)(C)c1cccc(C(F)(F)F)c1)C(N)=O. The molecule has 8 heteroatoms. The second-order valence-electron chi connectivity index (χ2n) is 5.04. The van der Waals surface area contributed by atoms with Gasteiger partial charge in [-0.15, -0.1) is 0 Å². The Hall–Kier alpha value is -2.25. The van der Waals surface area contributed by atoms with Crippen LogP contribution in [0, 0.1) is 0 Å².